The van der Waals surface area contributed by atoms with Gasteiger partial charge in [-0.25, -0.2) is 10.4 Å². The van der Waals surface area contributed by atoms with Crippen molar-refractivity contribution in [3.05, 3.63) is 84.2 Å². The number of para-hydroxylation sites is 1. The molecule has 0 unspecified atom stereocenters. The molecule has 4 rings (SSSR count). The number of nitrogens with zero attached hydrogens (tertiary/aromatic N) is 3. The summed E-state index contributed by atoms with van der Waals surface area (Å²) in [6, 6.07) is 18.4. The SMILES string of the molecule is COc1ccc(OC)c(-c2cc(C(=O)N/N=C(\C)c3cccnc3)c3ccccc3n2)c1. The van der Waals surface area contributed by atoms with Crippen LogP contribution in [0.25, 0.3) is 22.2 Å². The number of aromatic nitrogens is 2. The molecule has 0 saturated carbocycles. The second-order valence-corrected chi connectivity index (χ2v) is 7.02. The van der Waals surface area contributed by atoms with Crippen molar-refractivity contribution >= 4 is 22.5 Å². The van der Waals surface area contributed by atoms with Crippen LogP contribution in [0.3, 0.4) is 0 Å². The third-order valence-electron chi connectivity index (χ3n) is 5.05. The fourth-order valence-corrected chi connectivity index (χ4v) is 3.35. The van der Waals surface area contributed by atoms with E-state index in [4.69, 9.17) is 14.5 Å². The molecule has 2 heterocycles. The number of amides is 1. The molecular formula is C25H22N4O3. The van der Waals surface area contributed by atoms with Gasteiger partial charge in [0.2, 0.25) is 0 Å². The Morgan fingerprint density at radius 3 is 2.59 bits per heavy atom. The largest absolute Gasteiger partial charge is 0.497 e. The van der Waals surface area contributed by atoms with Crippen molar-refractivity contribution in [2.24, 2.45) is 5.10 Å². The van der Waals surface area contributed by atoms with Crippen molar-refractivity contribution in [3.8, 4) is 22.8 Å². The maximum Gasteiger partial charge on any atom is 0.272 e. The van der Waals surface area contributed by atoms with E-state index >= 15 is 0 Å². The quantitative estimate of drug-likeness (QED) is 0.363. The molecule has 4 aromatic rings. The molecule has 0 atom stereocenters. The van der Waals surface area contributed by atoms with Crippen molar-refractivity contribution in [1.29, 1.82) is 0 Å². The first-order valence-electron chi connectivity index (χ1n) is 9.98. The molecular weight excluding hydrogens is 404 g/mol. The second-order valence-electron chi connectivity index (χ2n) is 7.02. The zero-order chi connectivity index (χ0) is 22.5. The van der Waals surface area contributed by atoms with Gasteiger partial charge in [-0.2, -0.15) is 5.10 Å². The zero-order valence-corrected chi connectivity index (χ0v) is 18.0. The summed E-state index contributed by atoms with van der Waals surface area (Å²) in [7, 11) is 3.19. The molecule has 1 N–H and O–H groups in total. The first-order chi connectivity index (χ1) is 15.6. The predicted octanol–water partition coefficient (Wildman–Crippen LogP) is 4.47. The number of benzene rings is 2. The van der Waals surface area contributed by atoms with Gasteiger partial charge in [-0.05, 0) is 43.3 Å². The molecule has 2 aromatic carbocycles. The first-order valence-corrected chi connectivity index (χ1v) is 9.98. The Hall–Kier alpha value is -4.26. The first kappa shape index (κ1) is 21.0. The van der Waals surface area contributed by atoms with Gasteiger partial charge >= 0.3 is 0 Å². The predicted molar refractivity (Wildman–Crippen MR) is 124 cm³/mol. The molecule has 0 fully saturated rings. The molecule has 160 valence electrons. The third kappa shape index (κ3) is 4.27. The summed E-state index contributed by atoms with van der Waals surface area (Å²) in [5.41, 5.74) is 6.60. The molecule has 32 heavy (non-hydrogen) atoms. The number of hydrazone groups is 1. The maximum atomic E-state index is 13.1. The lowest BCUT2D eigenvalue weighted by atomic mass is 10.0. The number of fused-ring (bicyclic) bond motifs is 1. The lowest BCUT2D eigenvalue weighted by Crippen LogP contribution is -2.20. The maximum absolute atomic E-state index is 13.1. The van der Waals surface area contributed by atoms with Gasteiger partial charge in [0.25, 0.3) is 5.91 Å². The van der Waals surface area contributed by atoms with Crippen LogP contribution in [-0.2, 0) is 0 Å². The van der Waals surface area contributed by atoms with Crippen molar-refractivity contribution in [2.45, 2.75) is 6.92 Å². The minimum absolute atomic E-state index is 0.338. The van der Waals surface area contributed by atoms with Crippen LogP contribution < -0.4 is 14.9 Å². The molecule has 0 aliphatic heterocycles. The normalized spacial score (nSPS) is 11.3. The van der Waals surface area contributed by atoms with E-state index in [9.17, 15) is 4.79 Å². The Bertz CT molecular complexity index is 1300. The fraction of sp³-hybridized carbons (Fsp3) is 0.120. The van der Waals surface area contributed by atoms with E-state index in [1.54, 1.807) is 32.7 Å². The van der Waals surface area contributed by atoms with Crippen LogP contribution in [0.15, 0.2) is 78.2 Å². The Morgan fingerprint density at radius 2 is 1.84 bits per heavy atom. The summed E-state index contributed by atoms with van der Waals surface area (Å²) in [6.45, 7) is 1.81. The average molecular weight is 426 g/mol. The van der Waals surface area contributed by atoms with Crippen LogP contribution in [0.2, 0.25) is 0 Å². The van der Waals surface area contributed by atoms with Gasteiger partial charge < -0.3 is 9.47 Å². The minimum Gasteiger partial charge on any atom is -0.497 e. The van der Waals surface area contributed by atoms with E-state index in [0.717, 1.165) is 16.5 Å². The Balaban J connectivity index is 1.77. The van der Waals surface area contributed by atoms with E-state index in [0.29, 0.717) is 34.0 Å². The molecule has 2 aromatic heterocycles. The average Bonchev–Trinajstić information content (AvgIpc) is 2.86. The summed E-state index contributed by atoms with van der Waals surface area (Å²) in [6.07, 6.45) is 3.38. The minimum atomic E-state index is -0.338. The van der Waals surface area contributed by atoms with Crippen LogP contribution >= 0.6 is 0 Å². The highest BCUT2D eigenvalue weighted by Gasteiger charge is 2.16. The van der Waals surface area contributed by atoms with Crippen LogP contribution in [0, 0.1) is 0 Å². The second kappa shape index (κ2) is 9.26. The number of pyridine rings is 2. The number of hydrogen-bond acceptors (Lipinski definition) is 6. The highest BCUT2D eigenvalue weighted by Crippen LogP contribution is 2.34. The van der Waals surface area contributed by atoms with Gasteiger partial charge in [0.05, 0.1) is 36.7 Å². The van der Waals surface area contributed by atoms with Crippen LogP contribution in [0.4, 0.5) is 0 Å². The topological polar surface area (TPSA) is 85.7 Å². The molecule has 7 nitrogen and oxygen atoms in total. The van der Waals surface area contributed by atoms with Gasteiger partial charge in [0.1, 0.15) is 11.5 Å². The van der Waals surface area contributed by atoms with Gasteiger partial charge in [0, 0.05) is 28.9 Å². The van der Waals surface area contributed by atoms with Crippen LogP contribution in [0.1, 0.15) is 22.8 Å². The van der Waals surface area contributed by atoms with E-state index in [1.165, 1.54) is 0 Å². The Morgan fingerprint density at radius 1 is 1.00 bits per heavy atom. The molecule has 1 amide bonds. The Labute approximate surface area is 185 Å². The van der Waals surface area contributed by atoms with Crippen LogP contribution in [0.5, 0.6) is 11.5 Å². The van der Waals surface area contributed by atoms with Crippen molar-refractivity contribution in [1.82, 2.24) is 15.4 Å². The number of nitrogens with one attached hydrogen (secondary N) is 1. The molecule has 0 radical (unpaired) electrons. The van der Waals surface area contributed by atoms with Gasteiger partial charge in [0.15, 0.2) is 0 Å². The number of rotatable bonds is 6. The molecule has 0 spiro atoms. The van der Waals surface area contributed by atoms with Crippen LogP contribution in [-0.4, -0.2) is 35.8 Å². The number of carbonyl (C=O) groups is 1. The standard InChI is InChI=1S/C25H22N4O3/c1-16(17-7-6-12-26-15-17)28-29-25(30)20-14-23(27-22-9-5-4-8-19(20)22)21-13-18(31-2)10-11-24(21)32-3/h4-15H,1-3H3,(H,29,30)/b28-16+. The number of hydrogen-bond donors (Lipinski definition) is 1. The lowest BCUT2D eigenvalue weighted by Gasteiger charge is -2.13. The molecule has 7 heteroatoms. The summed E-state index contributed by atoms with van der Waals surface area (Å²) in [4.78, 5) is 22.0. The van der Waals surface area contributed by atoms with E-state index in [1.807, 2.05) is 61.5 Å². The summed E-state index contributed by atoms with van der Waals surface area (Å²) < 4.78 is 10.9. The smallest absolute Gasteiger partial charge is 0.272 e. The number of ether oxygens (including phenoxy) is 2. The monoisotopic (exact) mass is 426 g/mol. The Kier molecular flexibility index (Phi) is 6.07. The highest BCUT2D eigenvalue weighted by atomic mass is 16.5. The number of carbonyl (C=O) groups excluding carboxylic acids is 1. The van der Waals surface area contributed by atoms with E-state index < -0.39 is 0 Å². The highest BCUT2D eigenvalue weighted by molar-refractivity contribution is 6.08. The number of methoxy groups -OCH3 is 2. The molecule has 0 bridgehead atoms. The van der Waals surface area contributed by atoms with Crippen molar-refractivity contribution in [2.75, 3.05) is 14.2 Å². The van der Waals surface area contributed by atoms with Crippen molar-refractivity contribution < 1.29 is 14.3 Å². The van der Waals surface area contributed by atoms with Gasteiger partial charge in [-0.1, -0.05) is 24.3 Å². The summed E-state index contributed by atoms with van der Waals surface area (Å²) >= 11 is 0. The molecule has 0 aliphatic carbocycles. The van der Waals surface area contributed by atoms with E-state index in [-0.39, 0.29) is 5.91 Å². The van der Waals surface area contributed by atoms with Crippen molar-refractivity contribution in [3.63, 3.8) is 0 Å². The third-order valence-corrected chi connectivity index (χ3v) is 5.05. The summed E-state index contributed by atoms with van der Waals surface area (Å²) in [5, 5.41) is 4.98. The van der Waals surface area contributed by atoms with Gasteiger partial charge in [-0.15, -0.1) is 0 Å². The lowest BCUT2D eigenvalue weighted by molar-refractivity contribution is 0.0956. The molecule has 0 aliphatic rings. The van der Waals surface area contributed by atoms with Gasteiger partial charge in [-0.3, -0.25) is 9.78 Å². The summed E-state index contributed by atoms with van der Waals surface area (Å²) in [5.74, 6) is 0.957. The molecule has 0 saturated heterocycles. The zero-order valence-electron chi connectivity index (χ0n) is 18.0. The van der Waals surface area contributed by atoms with E-state index in [2.05, 4.69) is 15.5 Å². The fourth-order valence-electron chi connectivity index (χ4n) is 3.35.